The van der Waals surface area contributed by atoms with E-state index in [1.807, 2.05) is 66.9 Å². The molecule has 0 saturated heterocycles. The summed E-state index contributed by atoms with van der Waals surface area (Å²) >= 11 is 0. The maximum Gasteiger partial charge on any atom is 0.153 e. The van der Waals surface area contributed by atoms with Crippen molar-refractivity contribution >= 4 is 70.5 Å². The molecule has 0 aliphatic heterocycles. The van der Waals surface area contributed by atoms with Crippen LogP contribution >= 0.6 is 0 Å². The molecule has 0 aliphatic carbocycles. The molecule has 4 aromatic heterocycles. The summed E-state index contributed by atoms with van der Waals surface area (Å²) in [5.74, 6) is -1.76. The Labute approximate surface area is 212 Å². The number of phenols is 3. The average Bonchev–Trinajstić information content (AvgIpc) is 3.45. The number of fused-ring (bicyclic) bond motifs is 7. The Morgan fingerprint density at radius 3 is 2.11 bits per heavy atom. The van der Waals surface area contributed by atoms with Gasteiger partial charge >= 0.3 is 0 Å². The topological polar surface area (TPSA) is 96.3 Å². The fourth-order valence-corrected chi connectivity index (χ4v) is 5.24. The number of aromatic hydroxyl groups is 3. The molecule has 0 amide bonds. The molecular weight excluding hydrogens is 462 g/mol. The first kappa shape index (κ1) is 21.4. The number of aromatic nitrogens is 4. The fraction of sp³-hybridized carbons (Fsp3) is 0. The van der Waals surface area contributed by atoms with Crippen molar-refractivity contribution in [3.05, 3.63) is 79.1 Å². The number of pyridine rings is 2. The van der Waals surface area contributed by atoms with Gasteiger partial charge in [0.15, 0.2) is 11.5 Å². The number of nitrogens with zero attached hydrogens (tertiary/aromatic N) is 4. The van der Waals surface area contributed by atoms with Gasteiger partial charge in [0.1, 0.15) is 32.5 Å². The van der Waals surface area contributed by atoms with E-state index < -0.39 is 17.2 Å². The molecule has 0 bridgehead atoms. The highest BCUT2D eigenvalue weighted by Gasteiger charge is 2.26. The lowest BCUT2D eigenvalue weighted by atomic mass is 9.84. The molecule has 4 radical (unpaired) electrons. The minimum Gasteiger partial charge on any atom is -0.506 e. The monoisotopic (exact) mass is 478 g/mol. The van der Waals surface area contributed by atoms with Gasteiger partial charge in [-0.15, -0.1) is 0 Å². The summed E-state index contributed by atoms with van der Waals surface area (Å²) in [5, 5.41) is 33.8. The zero-order valence-electron chi connectivity index (χ0n) is 19.3. The van der Waals surface area contributed by atoms with Crippen molar-refractivity contribution < 1.29 is 15.3 Å². The largest absolute Gasteiger partial charge is 0.506 e. The fourth-order valence-electron chi connectivity index (χ4n) is 5.24. The molecule has 0 unspecified atom stereocenters. The van der Waals surface area contributed by atoms with Crippen LogP contribution in [0, 0.1) is 0 Å². The zero-order valence-corrected chi connectivity index (χ0v) is 19.3. The standard InChI is InChI=1S/C28H16B2N4O3/c29-19-24(26(35)20(30)28(37)27(19)36)34-18-11-6-12-31-21(18)22-25(34)23-16(13-32-22)15-9-4-5-10-17(15)33(23)14-7-2-1-3-8-14/h1-13,35-37H. The Kier molecular flexibility index (Phi) is 4.36. The van der Waals surface area contributed by atoms with E-state index in [1.54, 1.807) is 16.8 Å². The predicted molar refractivity (Wildman–Crippen MR) is 146 cm³/mol. The minimum absolute atomic E-state index is 0.0277. The highest BCUT2D eigenvalue weighted by molar-refractivity contribution is 6.43. The van der Waals surface area contributed by atoms with Gasteiger partial charge in [-0.1, -0.05) is 36.4 Å². The van der Waals surface area contributed by atoms with E-state index in [1.165, 1.54) is 0 Å². The number of hydrogen-bond donors (Lipinski definition) is 3. The first-order valence-electron chi connectivity index (χ1n) is 11.5. The van der Waals surface area contributed by atoms with Crippen LogP contribution in [0.25, 0.3) is 55.2 Å². The molecule has 0 spiro atoms. The third kappa shape index (κ3) is 2.73. The SMILES string of the molecule is [B]c1c(O)c(O)c([B])c(-n2c3cccnc3c3ncc4c5ccccc5n(-c5ccccc5)c4c32)c1O. The van der Waals surface area contributed by atoms with Crippen LogP contribution in [0.4, 0.5) is 0 Å². The lowest BCUT2D eigenvalue weighted by molar-refractivity contribution is 0.404. The van der Waals surface area contributed by atoms with Gasteiger partial charge in [-0.25, -0.2) is 0 Å². The molecule has 0 aliphatic rings. The van der Waals surface area contributed by atoms with Crippen molar-refractivity contribution in [1.29, 1.82) is 0 Å². The lowest BCUT2D eigenvalue weighted by Gasteiger charge is -2.19. The van der Waals surface area contributed by atoms with E-state index in [0.29, 0.717) is 22.1 Å². The molecule has 7 aromatic rings. The Bertz CT molecular complexity index is 2020. The van der Waals surface area contributed by atoms with Crippen molar-refractivity contribution in [2.75, 3.05) is 0 Å². The van der Waals surface area contributed by atoms with E-state index >= 15 is 0 Å². The van der Waals surface area contributed by atoms with Crippen LogP contribution in [0.15, 0.2) is 79.1 Å². The van der Waals surface area contributed by atoms with Crippen molar-refractivity contribution in [3.63, 3.8) is 0 Å². The molecule has 7 rings (SSSR count). The highest BCUT2D eigenvalue weighted by atomic mass is 16.3. The predicted octanol–water partition coefficient (Wildman–Crippen LogP) is 3.38. The van der Waals surface area contributed by atoms with E-state index in [4.69, 9.17) is 20.7 Å². The highest BCUT2D eigenvalue weighted by Crippen LogP contribution is 2.41. The van der Waals surface area contributed by atoms with Gasteiger partial charge in [-0.2, -0.15) is 0 Å². The number of hydrogen-bond acceptors (Lipinski definition) is 5. The van der Waals surface area contributed by atoms with Crippen LogP contribution in [0.5, 0.6) is 17.2 Å². The molecule has 0 fully saturated rings. The van der Waals surface area contributed by atoms with Crippen molar-refractivity contribution in [2.24, 2.45) is 0 Å². The number of phenolic OH excluding ortho intramolecular Hbond substituents is 3. The number of benzene rings is 3. The van der Waals surface area contributed by atoms with Gasteiger partial charge < -0.3 is 24.5 Å². The maximum absolute atomic E-state index is 11.1. The summed E-state index contributed by atoms with van der Waals surface area (Å²) in [5.41, 5.74) is 4.47. The van der Waals surface area contributed by atoms with E-state index in [0.717, 1.165) is 27.5 Å². The van der Waals surface area contributed by atoms with Crippen LogP contribution in [0.2, 0.25) is 0 Å². The summed E-state index contributed by atoms with van der Waals surface area (Å²) in [6.07, 6.45) is 3.49. The zero-order chi connectivity index (χ0) is 25.4. The first-order valence-corrected chi connectivity index (χ1v) is 11.5. The molecule has 0 atom stereocenters. The van der Waals surface area contributed by atoms with Gasteiger partial charge in [-0.3, -0.25) is 9.97 Å². The van der Waals surface area contributed by atoms with Gasteiger partial charge in [0.25, 0.3) is 0 Å². The summed E-state index contributed by atoms with van der Waals surface area (Å²) in [6.45, 7) is 0. The normalized spacial score (nSPS) is 11.8. The maximum atomic E-state index is 11.1. The summed E-state index contributed by atoms with van der Waals surface area (Å²) in [4.78, 5) is 9.38. The third-order valence-corrected chi connectivity index (χ3v) is 6.87. The van der Waals surface area contributed by atoms with E-state index in [-0.39, 0.29) is 16.6 Å². The average molecular weight is 478 g/mol. The smallest absolute Gasteiger partial charge is 0.153 e. The van der Waals surface area contributed by atoms with Crippen molar-refractivity contribution in [1.82, 2.24) is 19.1 Å². The molecule has 3 N–H and O–H groups in total. The third-order valence-electron chi connectivity index (χ3n) is 6.87. The Morgan fingerprint density at radius 1 is 0.595 bits per heavy atom. The van der Waals surface area contributed by atoms with Crippen LogP contribution in [-0.4, -0.2) is 50.1 Å². The Hall–Kier alpha value is -4.91. The van der Waals surface area contributed by atoms with Gasteiger partial charge in [0, 0.05) is 28.9 Å². The molecule has 4 heterocycles. The van der Waals surface area contributed by atoms with Crippen LogP contribution in [0.1, 0.15) is 0 Å². The second-order valence-corrected chi connectivity index (χ2v) is 8.83. The minimum atomic E-state index is -0.681. The number of rotatable bonds is 2. The second kappa shape index (κ2) is 7.54. The Balaban J connectivity index is 1.81. The first-order chi connectivity index (χ1) is 18.0. The van der Waals surface area contributed by atoms with Gasteiger partial charge in [-0.05, 0) is 41.3 Å². The van der Waals surface area contributed by atoms with Crippen LogP contribution in [0.3, 0.4) is 0 Å². The number of para-hydroxylation sites is 2. The molecule has 172 valence electrons. The second-order valence-electron chi connectivity index (χ2n) is 8.83. The lowest BCUT2D eigenvalue weighted by Crippen LogP contribution is -2.20. The van der Waals surface area contributed by atoms with Gasteiger partial charge in [0.05, 0.1) is 27.8 Å². The summed E-state index contributed by atoms with van der Waals surface area (Å²) < 4.78 is 3.83. The van der Waals surface area contributed by atoms with Crippen molar-refractivity contribution in [2.45, 2.75) is 0 Å². The molecule has 37 heavy (non-hydrogen) atoms. The summed E-state index contributed by atoms with van der Waals surface area (Å²) in [6, 6.07) is 21.5. The molecule has 7 nitrogen and oxygen atoms in total. The summed E-state index contributed by atoms with van der Waals surface area (Å²) in [7, 11) is 12.3. The van der Waals surface area contributed by atoms with E-state index in [9.17, 15) is 15.3 Å². The van der Waals surface area contributed by atoms with Crippen molar-refractivity contribution in [3.8, 4) is 28.6 Å². The quantitative estimate of drug-likeness (QED) is 0.201. The van der Waals surface area contributed by atoms with E-state index in [2.05, 4.69) is 9.55 Å². The molecule has 3 aromatic carbocycles. The molecule has 9 heteroatoms. The molecule has 0 saturated carbocycles. The van der Waals surface area contributed by atoms with Crippen LogP contribution in [-0.2, 0) is 0 Å². The molecular formula is C28H16B2N4O3. The Morgan fingerprint density at radius 2 is 1.30 bits per heavy atom. The van der Waals surface area contributed by atoms with Gasteiger partial charge in [0.2, 0.25) is 0 Å². The van der Waals surface area contributed by atoms with Crippen LogP contribution < -0.4 is 10.9 Å².